The molecule has 32 heavy (non-hydrogen) atoms. The van der Waals surface area contributed by atoms with Crippen LogP contribution in [0.4, 0.5) is 11.4 Å². The highest BCUT2D eigenvalue weighted by Gasteiger charge is 2.28. The number of rotatable bonds is 4. The van der Waals surface area contributed by atoms with Crippen LogP contribution < -0.4 is 15.5 Å². The van der Waals surface area contributed by atoms with Crippen molar-refractivity contribution in [2.45, 2.75) is 12.8 Å². The Bertz CT molecular complexity index is 1090. The van der Waals surface area contributed by atoms with Crippen LogP contribution in [-0.2, 0) is 9.59 Å². The fraction of sp³-hybridized carbons (Fsp3) is 0.292. The smallest absolute Gasteiger partial charge is 0.260 e. The lowest BCUT2D eigenvalue weighted by molar-refractivity contribution is -0.133. The van der Waals surface area contributed by atoms with E-state index in [1.54, 1.807) is 17.2 Å². The summed E-state index contributed by atoms with van der Waals surface area (Å²) in [4.78, 5) is 40.6. The molecule has 2 N–H and O–H groups in total. The Morgan fingerprint density at radius 1 is 1.06 bits per heavy atom. The minimum atomic E-state index is -0.413. The lowest BCUT2D eigenvalue weighted by Crippen LogP contribution is -2.40. The van der Waals surface area contributed by atoms with Crippen LogP contribution in [0.25, 0.3) is 5.57 Å². The zero-order chi connectivity index (χ0) is 22.8. The second-order valence-corrected chi connectivity index (χ2v) is 9.46. The third kappa shape index (κ3) is 4.64. The van der Waals surface area contributed by atoms with Crippen molar-refractivity contribution >= 4 is 57.3 Å². The van der Waals surface area contributed by atoms with Gasteiger partial charge < -0.3 is 15.1 Å². The molecule has 2 aliphatic heterocycles. The van der Waals surface area contributed by atoms with Crippen molar-refractivity contribution in [3.63, 3.8) is 0 Å². The zero-order valence-corrected chi connectivity index (χ0v) is 20.2. The van der Waals surface area contributed by atoms with Crippen LogP contribution in [0.3, 0.4) is 0 Å². The van der Waals surface area contributed by atoms with Crippen LogP contribution in [0, 0.1) is 9.49 Å². The number of halogens is 1. The van der Waals surface area contributed by atoms with Crippen molar-refractivity contribution < 1.29 is 14.4 Å². The van der Waals surface area contributed by atoms with Crippen molar-refractivity contribution in [1.82, 2.24) is 10.2 Å². The van der Waals surface area contributed by atoms with Crippen LogP contribution in [0.2, 0.25) is 0 Å². The van der Waals surface area contributed by atoms with Gasteiger partial charge in [0, 0.05) is 65.4 Å². The van der Waals surface area contributed by atoms with E-state index in [0.29, 0.717) is 16.7 Å². The fourth-order valence-corrected chi connectivity index (χ4v) is 4.61. The first-order chi connectivity index (χ1) is 15.3. The summed E-state index contributed by atoms with van der Waals surface area (Å²) in [5.74, 6) is -0.474. The van der Waals surface area contributed by atoms with Gasteiger partial charge in [0.15, 0.2) is 0 Å². The van der Waals surface area contributed by atoms with E-state index < -0.39 is 5.91 Å². The molecule has 0 bridgehead atoms. The van der Waals surface area contributed by atoms with Gasteiger partial charge in [-0.05, 0) is 77.9 Å². The van der Waals surface area contributed by atoms with E-state index >= 15 is 0 Å². The molecule has 8 heteroatoms. The minimum Gasteiger partial charge on any atom is -0.371 e. The molecule has 4 rings (SSSR count). The number of hydrogen-bond donors (Lipinski definition) is 2. The quantitative estimate of drug-likeness (QED) is 0.351. The highest BCUT2D eigenvalue weighted by atomic mass is 127. The van der Waals surface area contributed by atoms with Gasteiger partial charge in [-0.1, -0.05) is 0 Å². The first-order valence-corrected chi connectivity index (χ1v) is 11.6. The van der Waals surface area contributed by atoms with Crippen molar-refractivity contribution in [2.24, 2.45) is 5.92 Å². The summed E-state index contributed by atoms with van der Waals surface area (Å²) < 4.78 is 0.954. The molecule has 2 heterocycles. The molecule has 2 aliphatic rings. The average Bonchev–Trinajstić information content (AvgIpc) is 2.78. The summed E-state index contributed by atoms with van der Waals surface area (Å²) in [5.41, 5.74) is 3.50. The number of benzene rings is 2. The van der Waals surface area contributed by atoms with Crippen molar-refractivity contribution in [1.29, 1.82) is 0 Å². The highest BCUT2D eigenvalue weighted by Crippen LogP contribution is 2.28. The first kappa shape index (κ1) is 22.3. The average molecular weight is 544 g/mol. The van der Waals surface area contributed by atoms with Gasteiger partial charge in [-0.3, -0.25) is 19.7 Å². The number of piperidine rings is 1. The summed E-state index contributed by atoms with van der Waals surface area (Å²) in [5, 5.41) is 5.57. The molecule has 2 aromatic rings. The Morgan fingerprint density at radius 2 is 1.75 bits per heavy atom. The Hall–Kier alpha value is -2.88. The number of imide groups is 1. The summed E-state index contributed by atoms with van der Waals surface area (Å²) in [6.07, 6.45) is 3.36. The lowest BCUT2D eigenvalue weighted by Gasteiger charge is -2.34. The topological polar surface area (TPSA) is 81.8 Å². The number of hydrogen-bond acceptors (Lipinski definition) is 5. The number of carbonyl (C=O) groups is 3. The molecule has 1 fully saturated rings. The number of anilines is 2. The summed E-state index contributed by atoms with van der Waals surface area (Å²) in [6, 6.07) is 13.4. The van der Waals surface area contributed by atoms with Crippen LogP contribution in [-0.4, -0.2) is 49.8 Å². The van der Waals surface area contributed by atoms with Crippen molar-refractivity contribution in [2.75, 3.05) is 37.4 Å². The third-order valence-corrected chi connectivity index (χ3v) is 6.56. The molecule has 7 nitrogen and oxygen atoms in total. The lowest BCUT2D eigenvalue weighted by atomic mass is 9.95. The molecule has 0 aromatic heterocycles. The molecule has 0 unspecified atom stereocenters. The van der Waals surface area contributed by atoms with Crippen LogP contribution >= 0.6 is 22.6 Å². The number of nitrogens with zero attached hydrogens (tertiary/aromatic N) is 2. The van der Waals surface area contributed by atoms with E-state index in [9.17, 15) is 14.4 Å². The van der Waals surface area contributed by atoms with Crippen molar-refractivity contribution in [3.05, 3.63) is 63.4 Å². The number of fused-ring (bicyclic) bond motifs is 1. The van der Waals surface area contributed by atoms with Gasteiger partial charge in [0.25, 0.3) is 11.8 Å². The van der Waals surface area contributed by atoms with Crippen LogP contribution in [0.15, 0.2) is 48.7 Å². The van der Waals surface area contributed by atoms with E-state index in [-0.39, 0.29) is 17.7 Å². The van der Waals surface area contributed by atoms with Gasteiger partial charge in [0.1, 0.15) is 0 Å². The Kier molecular flexibility index (Phi) is 6.50. The largest absolute Gasteiger partial charge is 0.371 e. The standard InChI is InChI=1S/C24H25IN4O3/c1-28(2)24(32)15-9-11-29(12-10-15)18-6-4-17(5-7-18)26-14-21-20-13-16(25)3-8-19(20)22(30)27-23(21)31/h3-8,13-15,26H,9-12H2,1-2H3,(H,27,30,31). The fourth-order valence-electron chi connectivity index (χ4n) is 4.11. The van der Waals surface area contributed by atoms with Crippen molar-refractivity contribution in [3.8, 4) is 0 Å². The maximum atomic E-state index is 12.4. The second-order valence-electron chi connectivity index (χ2n) is 8.22. The van der Waals surface area contributed by atoms with E-state index in [4.69, 9.17) is 0 Å². The molecular formula is C24H25IN4O3. The number of amides is 3. The molecule has 166 valence electrons. The molecule has 1 saturated heterocycles. The second kappa shape index (κ2) is 9.32. The minimum absolute atomic E-state index is 0.105. The zero-order valence-electron chi connectivity index (χ0n) is 18.0. The van der Waals surface area contributed by atoms with Crippen LogP contribution in [0.5, 0.6) is 0 Å². The van der Waals surface area contributed by atoms with E-state index in [1.165, 1.54) is 0 Å². The maximum Gasteiger partial charge on any atom is 0.260 e. The molecular weight excluding hydrogens is 519 g/mol. The van der Waals surface area contributed by atoms with Gasteiger partial charge in [0.05, 0.1) is 5.57 Å². The Labute approximate surface area is 201 Å². The third-order valence-electron chi connectivity index (χ3n) is 5.89. The van der Waals surface area contributed by atoms with E-state index in [1.807, 2.05) is 50.5 Å². The van der Waals surface area contributed by atoms with Gasteiger partial charge >= 0.3 is 0 Å². The predicted molar refractivity (Wildman–Crippen MR) is 133 cm³/mol. The van der Waals surface area contributed by atoms with Crippen LogP contribution in [0.1, 0.15) is 28.8 Å². The first-order valence-electron chi connectivity index (χ1n) is 10.5. The summed E-state index contributed by atoms with van der Waals surface area (Å²) >= 11 is 2.17. The maximum absolute atomic E-state index is 12.4. The van der Waals surface area contributed by atoms with E-state index in [2.05, 4.69) is 38.1 Å². The van der Waals surface area contributed by atoms with Gasteiger partial charge in [-0.25, -0.2) is 0 Å². The molecule has 0 aliphatic carbocycles. The monoisotopic (exact) mass is 544 g/mol. The van der Waals surface area contributed by atoms with E-state index in [0.717, 1.165) is 40.9 Å². The van der Waals surface area contributed by atoms with Gasteiger partial charge in [-0.2, -0.15) is 0 Å². The molecule has 3 amide bonds. The summed E-state index contributed by atoms with van der Waals surface area (Å²) in [6.45, 7) is 1.70. The molecule has 0 saturated carbocycles. The van der Waals surface area contributed by atoms with Gasteiger partial charge in [-0.15, -0.1) is 0 Å². The Balaban J connectivity index is 1.44. The Morgan fingerprint density at radius 3 is 2.41 bits per heavy atom. The molecule has 0 spiro atoms. The molecule has 2 aromatic carbocycles. The number of nitrogens with one attached hydrogen (secondary N) is 2. The molecule has 0 atom stereocenters. The van der Waals surface area contributed by atoms with Gasteiger partial charge in [0.2, 0.25) is 5.91 Å². The highest BCUT2D eigenvalue weighted by molar-refractivity contribution is 14.1. The predicted octanol–water partition coefficient (Wildman–Crippen LogP) is 3.32. The normalized spacial score (nSPS) is 17.7. The summed E-state index contributed by atoms with van der Waals surface area (Å²) in [7, 11) is 3.62. The molecule has 0 radical (unpaired) electrons. The number of carbonyl (C=O) groups excluding carboxylic acids is 3. The SMILES string of the molecule is CN(C)C(=O)C1CCN(c2ccc(NC=C3C(=O)NC(=O)c4ccc(I)cc43)cc2)CC1.